The molecule has 1 aromatic carbocycles. The van der Waals surface area contributed by atoms with Gasteiger partial charge in [0.15, 0.2) is 0 Å². The zero-order chi connectivity index (χ0) is 19.5. The molecular weight excluding hydrogens is 375 g/mol. The van der Waals surface area contributed by atoms with Crippen LogP contribution in [0, 0.1) is 5.82 Å². The van der Waals surface area contributed by atoms with Crippen molar-refractivity contribution in [2.75, 3.05) is 32.0 Å². The summed E-state index contributed by atoms with van der Waals surface area (Å²) in [7, 11) is 0. The van der Waals surface area contributed by atoms with Gasteiger partial charge >= 0.3 is 0 Å². The Labute approximate surface area is 171 Å². The molecule has 1 amide bonds. The molecule has 152 valence electrons. The predicted octanol–water partition coefficient (Wildman–Crippen LogP) is 4.31. The Kier molecular flexibility index (Phi) is 6.26. The molecule has 0 saturated carbocycles. The van der Waals surface area contributed by atoms with Gasteiger partial charge in [0.2, 0.25) is 0 Å². The van der Waals surface area contributed by atoms with Crippen LogP contribution in [0.1, 0.15) is 49.4 Å². The molecule has 2 fully saturated rings. The van der Waals surface area contributed by atoms with Gasteiger partial charge in [0.25, 0.3) is 5.91 Å². The minimum Gasteiger partial charge on any atom is -0.488 e. The fourth-order valence-electron chi connectivity index (χ4n) is 4.47. The first-order chi connectivity index (χ1) is 13.6. The van der Waals surface area contributed by atoms with Crippen LogP contribution in [-0.4, -0.2) is 59.8 Å². The lowest BCUT2D eigenvalue weighted by Crippen LogP contribution is -2.44. The van der Waals surface area contributed by atoms with Crippen molar-refractivity contribution in [1.29, 1.82) is 0 Å². The lowest BCUT2D eigenvalue weighted by molar-refractivity contribution is 0.0692. The Balaban J connectivity index is 1.40. The van der Waals surface area contributed by atoms with Crippen LogP contribution in [0.25, 0.3) is 0 Å². The van der Waals surface area contributed by atoms with Gasteiger partial charge < -0.3 is 9.64 Å². The second kappa shape index (κ2) is 8.87. The molecule has 2 saturated heterocycles. The standard InChI is InChI=1S/C22H29FN2O2S/c1-16-5-2-10-24(16)14-17-6-3-11-25(17)22(26)20-9-8-18(13-21(20)23)27-15-19-7-4-12-28-19/h7-9,13,16-17H,2-6,10-12,14-15H2,1H3/t16-,17+/m1/s1. The lowest BCUT2D eigenvalue weighted by atomic mass is 10.1. The maximum Gasteiger partial charge on any atom is 0.257 e. The number of ether oxygens (including phenoxy) is 1. The third kappa shape index (κ3) is 4.38. The molecule has 0 aliphatic carbocycles. The van der Waals surface area contributed by atoms with Crippen LogP contribution in [0.3, 0.4) is 0 Å². The van der Waals surface area contributed by atoms with E-state index in [1.807, 2.05) is 4.90 Å². The van der Waals surface area contributed by atoms with Crippen LogP contribution >= 0.6 is 11.8 Å². The number of allylic oxidation sites excluding steroid dienone is 1. The van der Waals surface area contributed by atoms with Crippen molar-refractivity contribution in [2.24, 2.45) is 0 Å². The van der Waals surface area contributed by atoms with Crippen molar-refractivity contribution in [3.63, 3.8) is 0 Å². The average Bonchev–Trinajstić information content (AvgIpc) is 3.43. The summed E-state index contributed by atoms with van der Waals surface area (Å²) in [5, 5.41) is 0. The molecule has 0 N–H and O–H groups in total. The summed E-state index contributed by atoms with van der Waals surface area (Å²) < 4.78 is 20.4. The first kappa shape index (κ1) is 19.8. The molecule has 2 atom stereocenters. The number of nitrogens with zero attached hydrogens (tertiary/aromatic N) is 2. The number of benzene rings is 1. The summed E-state index contributed by atoms with van der Waals surface area (Å²) in [6.07, 6.45) is 7.68. The highest BCUT2D eigenvalue weighted by Crippen LogP contribution is 2.28. The van der Waals surface area contributed by atoms with Crippen LogP contribution in [-0.2, 0) is 0 Å². The van der Waals surface area contributed by atoms with E-state index in [0.29, 0.717) is 18.4 Å². The summed E-state index contributed by atoms with van der Waals surface area (Å²) >= 11 is 1.78. The maximum atomic E-state index is 14.7. The van der Waals surface area contributed by atoms with Crippen LogP contribution in [0.2, 0.25) is 0 Å². The molecule has 1 aromatic rings. The van der Waals surface area contributed by atoms with Crippen LogP contribution in [0.5, 0.6) is 5.75 Å². The van der Waals surface area contributed by atoms with Crippen LogP contribution in [0.4, 0.5) is 4.39 Å². The number of carbonyl (C=O) groups is 1. The van der Waals surface area contributed by atoms with Crippen molar-refractivity contribution < 1.29 is 13.9 Å². The van der Waals surface area contributed by atoms with Gasteiger partial charge in [0, 0.05) is 41.9 Å². The first-order valence-corrected chi connectivity index (χ1v) is 11.4. The smallest absolute Gasteiger partial charge is 0.257 e. The maximum absolute atomic E-state index is 14.7. The van der Waals surface area contributed by atoms with E-state index in [1.165, 1.54) is 23.8 Å². The van der Waals surface area contributed by atoms with E-state index >= 15 is 0 Å². The number of likely N-dealkylation sites (tertiary alicyclic amines) is 2. The van der Waals surface area contributed by atoms with Gasteiger partial charge in [-0.25, -0.2) is 4.39 Å². The minimum atomic E-state index is -0.490. The zero-order valence-electron chi connectivity index (χ0n) is 16.5. The monoisotopic (exact) mass is 404 g/mol. The topological polar surface area (TPSA) is 32.8 Å². The van der Waals surface area contributed by atoms with E-state index in [4.69, 9.17) is 4.74 Å². The number of amides is 1. The van der Waals surface area contributed by atoms with E-state index in [2.05, 4.69) is 17.9 Å². The first-order valence-electron chi connectivity index (χ1n) is 10.4. The molecule has 28 heavy (non-hydrogen) atoms. The molecule has 4 rings (SSSR count). The van der Waals surface area contributed by atoms with Gasteiger partial charge in [-0.2, -0.15) is 0 Å². The van der Waals surface area contributed by atoms with Crippen molar-refractivity contribution in [2.45, 2.75) is 51.1 Å². The normalized spacial score (nSPS) is 25.4. The van der Waals surface area contributed by atoms with Gasteiger partial charge in [0.05, 0.1) is 5.56 Å². The Morgan fingerprint density at radius 3 is 2.86 bits per heavy atom. The summed E-state index contributed by atoms with van der Waals surface area (Å²) in [5.74, 6) is 0.891. The van der Waals surface area contributed by atoms with Gasteiger partial charge in [-0.15, -0.1) is 11.8 Å². The third-order valence-corrected chi connectivity index (χ3v) is 7.20. The van der Waals surface area contributed by atoms with Gasteiger partial charge in [0.1, 0.15) is 18.2 Å². The lowest BCUT2D eigenvalue weighted by Gasteiger charge is -2.31. The highest BCUT2D eigenvalue weighted by atomic mass is 32.2. The fourth-order valence-corrected chi connectivity index (χ4v) is 5.34. The van der Waals surface area contributed by atoms with E-state index < -0.39 is 5.82 Å². The van der Waals surface area contributed by atoms with E-state index in [1.54, 1.807) is 23.9 Å². The molecule has 6 heteroatoms. The van der Waals surface area contributed by atoms with Gasteiger partial charge in [-0.05, 0) is 57.7 Å². The number of rotatable bonds is 6. The fraction of sp³-hybridized carbons (Fsp3) is 0.591. The summed E-state index contributed by atoms with van der Waals surface area (Å²) in [5.41, 5.74) is 0.156. The molecule has 0 aromatic heterocycles. The quantitative estimate of drug-likeness (QED) is 0.707. The van der Waals surface area contributed by atoms with E-state index in [0.717, 1.165) is 44.6 Å². The van der Waals surface area contributed by atoms with Crippen molar-refractivity contribution >= 4 is 17.7 Å². The highest BCUT2D eigenvalue weighted by Gasteiger charge is 2.33. The molecule has 3 aliphatic rings. The van der Waals surface area contributed by atoms with Crippen LogP contribution in [0.15, 0.2) is 29.2 Å². The number of hydrogen-bond acceptors (Lipinski definition) is 4. The van der Waals surface area contributed by atoms with Crippen LogP contribution < -0.4 is 4.74 Å². The zero-order valence-corrected chi connectivity index (χ0v) is 17.3. The highest BCUT2D eigenvalue weighted by molar-refractivity contribution is 8.03. The second-order valence-electron chi connectivity index (χ2n) is 8.02. The molecule has 0 unspecified atom stereocenters. The van der Waals surface area contributed by atoms with Gasteiger partial charge in [-0.1, -0.05) is 6.08 Å². The van der Waals surface area contributed by atoms with E-state index in [-0.39, 0.29) is 17.5 Å². The summed E-state index contributed by atoms with van der Waals surface area (Å²) in [6.45, 7) is 5.46. The van der Waals surface area contributed by atoms with Crippen molar-refractivity contribution in [1.82, 2.24) is 9.80 Å². The number of carbonyl (C=O) groups excluding carboxylic acids is 1. The number of thioether (sulfide) groups is 1. The van der Waals surface area contributed by atoms with Gasteiger partial charge in [-0.3, -0.25) is 9.69 Å². The van der Waals surface area contributed by atoms with Crippen molar-refractivity contribution in [3.05, 3.63) is 40.6 Å². The number of hydrogen-bond donors (Lipinski definition) is 0. The molecule has 4 nitrogen and oxygen atoms in total. The van der Waals surface area contributed by atoms with Crippen molar-refractivity contribution in [3.8, 4) is 5.75 Å². The second-order valence-corrected chi connectivity index (χ2v) is 9.24. The molecule has 0 radical (unpaired) electrons. The Hall–Kier alpha value is -1.53. The predicted molar refractivity (Wildman–Crippen MR) is 111 cm³/mol. The Bertz CT molecular complexity index is 754. The summed E-state index contributed by atoms with van der Waals surface area (Å²) in [4.78, 5) is 18.6. The third-order valence-electron chi connectivity index (χ3n) is 6.10. The summed E-state index contributed by atoms with van der Waals surface area (Å²) in [6, 6.07) is 5.41. The molecule has 3 aliphatic heterocycles. The largest absolute Gasteiger partial charge is 0.488 e. The SMILES string of the molecule is C[C@@H]1CCCN1C[C@@H]1CCCN1C(=O)c1ccc(OCC2=CCCS2)cc1F. The number of halogens is 1. The Morgan fingerprint density at radius 1 is 1.29 bits per heavy atom. The molecule has 0 bridgehead atoms. The van der Waals surface area contributed by atoms with E-state index in [9.17, 15) is 9.18 Å². The Morgan fingerprint density at radius 2 is 2.14 bits per heavy atom. The minimum absolute atomic E-state index is 0.156. The average molecular weight is 405 g/mol. The molecule has 3 heterocycles. The molecular formula is C22H29FN2O2S. The molecule has 0 spiro atoms.